The molecule has 2 fully saturated rings. The number of aliphatic hydroxyl groups excluding tert-OH is 4. The first kappa shape index (κ1) is 21.9. The van der Waals surface area contributed by atoms with Gasteiger partial charge in [-0.1, -0.05) is 36.4 Å². The van der Waals surface area contributed by atoms with Crippen LogP contribution in [0.3, 0.4) is 0 Å². The molecule has 2 aromatic rings. The number of hydrogen-bond acceptors (Lipinski definition) is 7. The summed E-state index contributed by atoms with van der Waals surface area (Å²) < 4.78 is 11.4. The lowest BCUT2D eigenvalue weighted by Gasteiger charge is -2.40. The van der Waals surface area contributed by atoms with E-state index < -0.39 is 37.1 Å². The highest BCUT2D eigenvalue weighted by Gasteiger charge is 2.44. The van der Waals surface area contributed by atoms with Crippen LogP contribution in [0.5, 0.6) is 0 Å². The van der Waals surface area contributed by atoms with Gasteiger partial charge in [-0.25, -0.2) is 0 Å². The molecule has 2 aliphatic heterocycles. The summed E-state index contributed by atoms with van der Waals surface area (Å²) in [5.41, 5.74) is 4.03. The van der Waals surface area contributed by atoms with Crippen molar-refractivity contribution in [3.8, 4) is 6.07 Å². The van der Waals surface area contributed by atoms with E-state index in [1.54, 1.807) is 18.2 Å². The minimum absolute atomic E-state index is 0.151. The maximum absolute atomic E-state index is 10.4. The number of hydrogen-bond donors (Lipinski definition) is 4. The zero-order valence-corrected chi connectivity index (χ0v) is 17.1. The average molecular weight is 425 g/mol. The van der Waals surface area contributed by atoms with Crippen LogP contribution in [0, 0.1) is 11.3 Å². The predicted octanol–water partition coefficient (Wildman–Crippen LogP) is 1.52. The van der Waals surface area contributed by atoms with Crippen molar-refractivity contribution >= 4 is 0 Å². The molecule has 1 unspecified atom stereocenters. The normalized spacial score (nSPS) is 30.8. The molecule has 0 spiro atoms. The molecule has 0 bridgehead atoms. The Morgan fingerprint density at radius 1 is 0.968 bits per heavy atom. The summed E-state index contributed by atoms with van der Waals surface area (Å²) in [4.78, 5) is 0. The van der Waals surface area contributed by atoms with E-state index in [9.17, 15) is 25.7 Å². The van der Waals surface area contributed by atoms with Crippen LogP contribution in [-0.4, -0.2) is 58.1 Å². The molecule has 7 nitrogen and oxygen atoms in total. The fourth-order valence-corrected chi connectivity index (χ4v) is 4.33. The van der Waals surface area contributed by atoms with Gasteiger partial charge in [0.25, 0.3) is 0 Å². The van der Waals surface area contributed by atoms with E-state index in [1.807, 2.05) is 12.1 Å². The molecule has 4 N–H and O–H groups in total. The largest absolute Gasteiger partial charge is 0.394 e. The van der Waals surface area contributed by atoms with E-state index in [2.05, 4.69) is 18.2 Å². The van der Waals surface area contributed by atoms with E-state index >= 15 is 0 Å². The molecule has 6 atom stereocenters. The first-order valence-electron chi connectivity index (χ1n) is 10.6. The minimum atomic E-state index is -1.44. The molecular weight excluding hydrogens is 398 g/mol. The Hall–Kier alpha value is -2.31. The van der Waals surface area contributed by atoms with Gasteiger partial charge in [-0.15, -0.1) is 0 Å². The van der Waals surface area contributed by atoms with Gasteiger partial charge < -0.3 is 29.9 Å². The zero-order valence-electron chi connectivity index (χ0n) is 17.1. The van der Waals surface area contributed by atoms with Crippen molar-refractivity contribution in [1.29, 1.82) is 5.26 Å². The van der Waals surface area contributed by atoms with Crippen molar-refractivity contribution in [3.63, 3.8) is 0 Å². The van der Waals surface area contributed by atoms with Crippen LogP contribution in [0.4, 0.5) is 0 Å². The fourth-order valence-electron chi connectivity index (χ4n) is 4.33. The molecule has 0 amide bonds. The number of benzene rings is 2. The van der Waals surface area contributed by atoms with Gasteiger partial charge in [0.2, 0.25) is 0 Å². The van der Waals surface area contributed by atoms with Crippen molar-refractivity contribution in [1.82, 2.24) is 0 Å². The molecule has 4 rings (SSSR count). The van der Waals surface area contributed by atoms with Crippen LogP contribution in [0.25, 0.3) is 0 Å². The first-order valence-corrected chi connectivity index (χ1v) is 10.6. The smallest absolute Gasteiger partial charge is 0.113 e. The second-order valence-electron chi connectivity index (χ2n) is 8.20. The molecule has 0 radical (unpaired) electrons. The van der Waals surface area contributed by atoms with Gasteiger partial charge >= 0.3 is 0 Å². The molecule has 2 aliphatic rings. The topological polar surface area (TPSA) is 123 Å². The zero-order chi connectivity index (χ0) is 22.0. The SMILES string of the molecule is N#Cc1ccc([C@@H]2O[C@H](CO)[C@@H](O)[C@H](O)[C@H]2O)cc1Cc1ccc(C2CCCO2)cc1. The first-order chi connectivity index (χ1) is 15.0. The third-order valence-corrected chi connectivity index (χ3v) is 6.15. The van der Waals surface area contributed by atoms with Crippen LogP contribution >= 0.6 is 0 Å². The van der Waals surface area contributed by atoms with Crippen LogP contribution in [-0.2, 0) is 15.9 Å². The van der Waals surface area contributed by atoms with Crippen LogP contribution in [0.15, 0.2) is 42.5 Å². The van der Waals surface area contributed by atoms with E-state index in [0.717, 1.165) is 36.1 Å². The number of aliphatic hydroxyl groups is 4. The van der Waals surface area contributed by atoms with E-state index in [-0.39, 0.29) is 6.10 Å². The maximum Gasteiger partial charge on any atom is 0.113 e. The third-order valence-electron chi connectivity index (χ3n) is 6.15. The van der Waals surface area contributed by atoms with Crippen molar-refractivity contribution in [2.45, 2.75) is 55.9 Å². The Balaban J connectivity index is 1.57. The molecule has 164 valence electrons. The Morgan fingerprint density at radius 2 is 1.71 bits per heavy atom. The Kier molecular flexibility index (Phi) is 6.68. The molecule has 0 saturated carbocycles. The lowest BCUT2D eigenvalue weighted by Crippen LogP contribution is -2.55. The van der Waals surface area contributed by atoms with Gasteiger partial charge in [0.1, 0.15) is 30.5 Å². The highest BCUT2D eigenvalue weighted by molar-refractivity contribution is 5.44. The minimum Gasteiger partial charge on any atom is -0.394 e. The Bertz CT molecular complexity index is 932. The van der Waals surface area contributed by atoms with Crippen molar-refractivity contribution in [3.05, 3.63) is 70.3 Å². The molecule has 2 saturated heterocycles. The van der Waals surface area contributed by atoms with Gasteiger partial charge in [0.15, 0.2) is 0 Å². The summed E-state index contributed by atoms with van der Waals surface area (Å²) in [6, 6.07) is 15.5. The van der Waals surface area contributed by atoms with Gasteiger partial charge in [-0.2, -0.15) is 5.26 Å². The van der Waals surface area contributed by atoms with Crippen LogP contribution in [0.2, 0.25) is 0 Å². The predicted molar refractivity (Wildman–Crippen MR) is 111 cm³/mol. The Morgan fingerprint density at radius 3 is 2.35 bits per heavy atom. The number of ether oxygens (including phenoxy) is 2. The van der Waals surface area contributed by atoms with Crippen molar-refractivity contribution in [2.24, 2.45) is 0 Å². The average Bonchev–Trinajstić information content (AvgIpc) is 3.33. The van der Waals surface area contributed by atoms with Crippen molar-refractivity contribution < 1.29 is 29.9 Å². The number of rotatable bonds is 5. The second kappa shape index (κ2) is 9.45. The van der Waals surface area contributed by atoms with Crippen LogP contribution < -0.4 is 0 Å². The molecule has 0 aromatic heterocycles. The molecular formula is C24H27NO6. The monoisotopic (exact) mass is 425 g/mol. The van der Waals surface area contributed by atoms with Gasteiger partial charge in [-0.3, -0.25) is 0 Å². The standard InChI is InChI=1S/C24H27NO6/c25-12-17-8-7-16(24-23(29)22(28)21(27)20(13-26)31-24)11-18(17)10-14-3-5-15(6-4-14)19-2-1-9-30-19/h3-8,11,19-24,26-29H,1-2,9-10,13H2/t19?,20-,21-,22+,23-,24+/m1/s1. The van der Waals surface area contributed by atoms with Gasteiger partial charge in [0, 0.05) is 6.61 Å². The van der Waals surface area contributed by atoms with Gasteiger partial charge in [0.05, 0.1) is 24.3 Å². The van der Waals surface area contributed by atoms with E-state index in [4.69, 9.17) is 9.47 Å². The summed E-state index contributed by atoms with van der Waals surface area (Å²) in [5.74, 6) is 0. The molecule has 0 aliphatic carbocycles. The van der Waals surface area contributed by atoms with Crippen LogP contribution in [0.1, 0.15) is 52.9 Å². The lowest BCUT2D eigenvalue weighted by molar-refractivity contribution is -0.231. The third kappa shape index (κ3) is 4.51. The fraction of sp³-hybridized carbons (Fsp3) is 0.458. The summed E-state index contributed by atoms with van der Waals surface area (Å²) in [6.07, 6.45) is -3.35. The number of nitriles is 1. The maximum atomic E-state index is 10.4. The second-order valence-corrected chi connectivity index (χ2v) is 8.20. The molecule has 7 heteroatoms. The summed E-state index contributed by atoms with van der Waals surface area (Å²) in [7, 11) is 0. The highest BCUT2D eigenvalue weighted by atomic mass is 16.5. The molecule has 2 heterocycles. The number of nitrogens with zero attached hydrogens (tertiary/aromatic N) is 1. The summed E-state index contributed by atoms with van der Waals surface area (Å²) in [5, 5.41) is 49.5. The summed E-state index contributed by atoms with van der Waals surface area (Å²) in [6.45, 7) is 0.310. The molecule has 31 heavy (non-hydrogen) atoms. The van der Waals surface area contributed by atoms with E-state index in [0.29, 0.717) is 17.5 Å². The van der Waals surface area contributed by atoms with Crippen molar-refractivity contribution in [2.75, 3.05) is 13.2 Å². The molecule has 2 aromatic carbocycles. The Labute approximate surface area is 181 Å². The van der Waals surface area contributed by atoms with E-state index in [1.165, 1.54) is 0 Å². The van der Waals surface area contributed by atoms with Gasteiger partial charge in [-0.05, 0) is 47.6 Å². The lowest BCUT2D eigenvalue weighted by atomic mass is 9.89. The summed E-state index contributed by atoms with van der Waals surface area (Å²) >= 11 is 0. The quantitative estimate of drug-likeness (QED) is 0.573. The highest BCUT2D eigenvalue weighted by Crippen LogP contribution is 2.34.